The van der Waals surface area contributed by atoms with E-state index in [0.717, 1.165) is 36.7 Å². The van der Waals surface area contributed by atoms with Gasteiger partial charge in [-0.15, -0.1) is 0 Å². The highest BCUT2D eigenvalue weighted by molar-refractivity contribution is 9.10. The van der Waals surface area contributed by atoms with Crippen LogP contribution in [0, 0.1) is 0 Å². The molecule has 0 spiro atoms. The van der Waals surface area contributed by atoms with E-state index < -0.39 is 0 Å². The molecule has 2 aliphatic carbocycles. The van der Waals surface area contributed by atoms with Crippen LogP contribution in [-0.4, -0.2) is 35.6 Å². The number of hydrogen-bond acceptors (Lipinski definition) is 5. The second-order valence-electron chi connectivity index (χ2n) is 15.0. The van der Waals surface area contributed by atoms with Crippen molar-refractivity contribution in [1.29, 1.82) is 0 Å². The highest BCUT2D eigenvalue weighted by Crippen LogP contribution is 2.37. The van der Waals surface area contributed by atoms with Crippen molar-refractivity contribution in [2.45, 2.75) is 97.1 Å². The molecule has 8 heteroatoms. The van der Waals surface area contributed by atoms with E-state index in [4.69, 9.17) is 18.8 Å². The lowest BCUT2D eigenvalue weighted by Crippen LogP contribution is -2.41. The summed E-state index contributed by atoms with van der Waals surface area (Å²) >= 11 is 6.87. The van der Waals surface area contributed by atoms with Gasteiger partial charge in [0.2, 0.25) is 0 Å². The molecule has 0 radical (unpaired) electrons. The third-order valence-corrected chi connectivity index (χ3v) is 11.6. The number of hydrogen-bond donors (Lipinski definition) is 1. The average Bonchev–Trinajstić information content (AvgIpc) is 3.31. The van der Waals surface area contributed by atoms with Crippen molar-refractivity contribution < 1.29 is 23.9 Å². The first-order valence-electron chi connectivity index (χ1n) is 18.2. The maximum atomic E-state index is 9.19. The van der Waals surface area contributed by atoms with Crippen molar-refractivity contribution >= 4 is 76.8 Å². The van der Waals surface area contributed by atoms with E-state index in [1.807, 2.05) is 24.3 Å². The first-order chi connectivity index (χ1) is 24.9. The number of fused-ring (bicyclic) bond motifs is 3. The van der Waals surface area contributed by atoms with Gasteiger partial charge < -0.3 is 23.9 Å². The molecule has 0 aromatic heterocycles. The van der Waals surface area contributed by atoms with Crippen LogP contribution in [-0.2, 0) is 9.31 Å². The summed E-state index contributed by atoms with van der Waals surface area (Å²) in [6, 6.07) is 36.6. The zero-order valence-corrected chi connectivity index (χ0v) is 33.4. The molecule has 0 unspecified atom stereocenters. The molecule has 6 aromatic carbocycles. The summed E-state index contributed by atoms with van der Waals surface area (Å²) in [5.41, 5.74) is 0.439. The van der Waals surface area contributed by atoms with Gasteiger partial charge in [-0.05, 0) is 165 Å². The molecule has 5 nitrogen and oxygen atoms in total. The summed E-state index contributed by atoms with van der Waals surface area (Å²) in [5.74, 6) is 2.28. The lowest BCUT2D eigenvalue weighted by molar-refractivity contribution is 0.00578. The standard InChI is InChI=1S/C20H25BO3.C14H13BrO.C10H7BrO.CH4/c1-19(2)20(3,4)24-21(23-19)16-10-8-15-13-18(11-9-14(15)12-16)22-17-6-5-7-17;15-12-6-4-11-9-14(7-5-10(11)8-12)16-13-2-1-3-13;11-9-3-1-8-6-10(12)4-2-7(8)5-9;/h8-13,17H,5-7H2,1-4H3;4-9,13H,1-3H2;1-6,12H;1H4. The second-order valence-corrected chi connectivity index (χ2v) is 16.9. The Hall–Kier alpha value is -3.56. The van der Waals surface area contributed by atoms with Crippen LogP contribution in [0.15, 0.2) is 118 Å². The van der Waals surface area contributed by atoms with Crippen molar-refractivity contribution in [3.8, 4) is 17.2 Å². The molecular weight excluding hydrogens is 791 g/mol. The maximum Gasteiger partial charge on any atom is 0.494 e. The first-order valence-corrected chi connectivity index (χ1v) is 19.8. The molecule has 1 aliphatic heterocycles. The Morgan fingerprint density at radius 1 is 0.547 bits per heavy atom. The van der Waals surface area contributed by atoms with Crippen molar-refractivity contribution in [3.05, 3.63) is 118 Å². The summed E-state index contributed by atoms with van der Waals surface area (Å²) in [7, 11) is -0.315. The van der Waals surface area contributed by atoms with Crippen LogP contribution in [0.1, 0.15) is 73.6 Å². The van der Waals surface area contributed by atoms with Crippen LogP contribution in [0.2, 0.25) is 0 Å². The van der Waals surface area contributed by atoms with Crippen LogP contribution in [0.5, 0.6) is 17.2 Å². The molecule has 1 heterocycles. The Morgan fingerprint density at radius 3 is 1.42 bits per heavy atom. The molecule has 53 heavy (non-hydrogen) atoms. The Balaban J connectivity index is 0.000000144. The molecule has 0 bridgehead atoms. The van der Waals surface area contributed by atoms with Gasteiger partial charge in [-0.3, -0.25) is 0 Å². The molecule has 2 saturated carbocycles. The molecular formula is C45H49BBr2O5. The van der Waals surface area contributed by atoms with Gasteiger partial charge in [-0.1, -0.05) is 87.8 Å². The van der Waals surface area contributed by atoms with E-state index in [1.54, 1.807) is 12.1 Å². The maximum absolute atomic E-state index is 9.19. The predicted octanol–water partition coefficient (Wildman–Crippen LogP) is 12.5. The van der Waals surface area contributed by atoms with Gasteiger partial charge in [-0.2, -0.15) is 0 Å². The molecule has 3 aliphatic rings. The van der Waals surface area contributed by atoms with Gasteiger partial charge in [0.15, 0.2) is 0 Å². The minimum atomic E-state index is -0.315. The topological polar surface area (TPSA) is 57.2 Å². The SMILES string of the molecule is Brc1ccc2cc(OC3CCC3)ccc2c1.C.CC1(C)OB(c2ccc3cc(OC4CCC4)ccc3c2)OC1(C)C.Oc1ccc2cc(Br)ccc2c1. The van der Waals surface area contributed by atoms with Crippen LogP contribution in [0.3, 0.4) is 0 Å². The van der Waals surface area contributed by atoms with E-state index in [-0.39, 0.29) is 25.7 Å². The highest BCUT2D eigenvalue weighted by Gasteiger charge is 2.51. The Labute approximate surface area is 331 Å². The third-order valence-electron chi connectivity index (χ3n) is 10.6. The normalized spacial score (nSPS) is 17.4. The molecule has 3 fully saturated rings. The van der Waals surface area contributed by atoms with E-state index in [9.17, 15) is 5.11 Å². The summed E-state index contributed by atoms with van der Waals surface area (Å²) in [6.45, 7) is 8.33. The van der Waals surface area contributed by atoms with Gasteiger partial charge in [0, 0.05) is 8.95 Å². The molecule has 6 aromatic rings. The van der Waals surface area contributed by atoms with Crippen LogP contribution in [0.4, 0.5) is 0 Å². The number of benzene rings is 6. The van der Waals surface area contributed by atoms with E-state index in [2.05, 4.69) is 132 Å². The number of phenols is 1. The van der Waals surface area contributed by atoms with E-state index >= 15 is 0 Å². The highest BCUT2D eigenvalue weighted by atomic mass is 79.9. The van der Waals surface area contributed by atoms with E-state index in [0.29, 0.717) is 18.0 Å². The first kappa shape index (κ1) is 39.1. The average molecular weight is 841 g/mol. The third kappa shape index (κ3) is 9.40. The van der Waals surface area contributed by atoms with Gasteiger partial charge in [0.1, 0.15) is 17.2 Å². The predicted molar refractivity (Wildman–Crippen MR) is 228 cm³/mol. The van der Waals surface area contributed by atoms with E-state index in [1.165, 1.54) is 60.1 Å². The minimum absolute atomic E-state index is 0. The summed E-state index contributed by atoms with van der Waals surface area (Å²) in [4.78, 5) is 0. The zero-order valence-electron chi connectivity index (χ0n) is 30.2. The van der Waals surface area contributed by atoms with Crippen LogP contribution < -0.4 is 14.9 Å². The summed E-state index contributed by atoms with van der Waals surface area (Å²) < 4.78 is 26.3. The van der Waals surface area contributed by atoms with Gasteiger partial charge in [0.25, 0.3) is 0 Å². The van der Waals surface area contributed by atoms with Crippen molar-refractivity contribution in [3.63, 3.8) is 0 Å². The number of rotatable bonds is 5. The lowest BCUT2D eigenvalue weighted by atomic mass is 9.78. The Kier molecular flexibility index (Phi) is 12.1. The fraction of sp³-hybridized carbons (Fsp3) is 0.333. The van der Waals surface area contributed by atoms with Gasteiger partial charge >= 0.3 is 7.12 Å². The van der Waals surface area contributed by atoms with Gasteiger partial charge in [-0.25, -0.2) is 0 Å². The quantitative estimate of drug-likeness (QED) is 0.175. The van der Waals surface area contributed by atoms with Crippen molar-refractivity contribution in [1.82, 2.24) is 0 Å². The number of aromatic hydroxyl groups is 1. The number of phenolic OH excluding ortho intramolecular Hbond substituents is 1. The smallest absolute Gasteiger partial charge is 0.494 e. The molecule has 1 N–H and O–H groups in total. The monoisotopic (exact) mass is 838 g/mol. The molecule has 0 amide bonds. The van der Waals surface area contributed by atoms with Gasteiger partial charge in [0.05, 0.1) is 23.4 Å². The Bertz CT molecular complexity index is 2140. The molecule has 9 rings (SSSR count). The molecule has 276 valence electrons. The Morgan fingerprint density at radius 2 is 0.943 bits per heavy atom. The lowest BCUT2D eigenvalue weighted by Gasteiger charge is -2.32. The number of halogens is 2. The molecule has 1 saturated heterocycles. The van der Waals surface area contributed by atoms with Crippen LogP contribution >= 0.6 is 31.9 Å². The zero-order chi connectivity index (χ0) is 36.5. The van der Waals surface area contributed by atoms with Crippen molar-refractivity contribution in [2.75, 3.05) is 0 Å². The van der Waals surface area contributed by atoms with Crippen molar-refractivity contribution in [2.24, 2.45) is 0 Å². The van der Waals surface area contributed by atoms with Crippen LogP contribution in [0.25, 0.3) is 32.3 Å². The minimum Gasteiger partial charge on any atom is -0.508 e. The number of ether oxygens (including phenoxy) is 2. The largest absolute Gasteiger partial charge is 0.508 e. The second kappa shape index (κ2) is 16.4. The fourth-order valence-corrected chi connectivity index (χ4v) is 7.03. The summed E-state index contributed by atoms with van der Waals surface area (Å²) in [5, 5.41) is 16.2. The summed E-state index contributed by atoms with van der Waals surface area (Å²) in [6.07, 6.45) is 8.23. The molecule has 0 atom stereocenters. The fourth-order valence-electron chi connectivity index (χ4n) is 6.28.